The molecule has 0 aliphatic carbocycles. The molecule has 1 unspecified atom stereocenters. The van der Waals surface area contributed by atoms with Crippen molar-refractivity contribution in [2.24, 2.45) is 0 Å². The standard InChI is InChI=1S/C18H17N3OS/c1-12-7-8-15(11-19)17(20-12)23-13(2)18(22)21-10-9-14-5-3-4-6-16(14)21/h3-8,13H,9-10H2,1-2H3. The molecule has 0 radical (unpaired) electrons. The van der Waals surface area contributed by atoms with E-state index in [0.717, 1.165) is 24.3 Å². The van der Waals surface area contributed by atoms with E-state index < -0.39 is 0 Å². The maximum absolute atomic E-state index is 12.8. The van der Waals surface area contributed by atoms with Crippen molar-refractivity contribution >= 4 is 23.4 Å². The average Bonchev–Trinajstić information content (AvgIpc) is 2.98. The second kappa shape index (κ2) is 6.43. The van der Waals surface area contributed by atoms with Crippen LogP contribution in [0.5, 0.6) is 0 Å². The molecule has 1 aromatic heterocycles. The molecule has 1 aromatic carbocycles. The number of amides is 1. The van der Waals surface area contributed by atoms with Gasteiger partial charge in [0.1, 0.15) is 11.1 Å². The molecular formula is C18H17N3OS. The lowest BCUT2D eigenvalue weighted by Crippen LogP contribution is -2.35. The van der Waals surface area contributed by atoms with Crippen molar-refractivity contribution in [3.63, 3.8) is 0 Å². The van der Waals surface area contributed by atoms with Crippen LogP contribution in [0.3, 0.4) is 0 Å². The van der Waals surface area contributed by atoms with Gasteiger partial charge in [0.15, 0.2) is 0 Å². The maximum Gasteiger partial charge on any atom is 0.240 e. The minimum atomic E-state index is -0.289. The van der Waals surface area contributed by atoms with Crippen LogP contribution < -0.4 is 4.90 Å². The van der Waals surface area contributed by atoms with E-state index >= 15 is 0 Å². The number of thioether (sulfide) groups is 1. The Bertz CT molecular complexity index is 797. The molecule has 1 aliphatic heterocycles. The molecule has 0 saturated carbocycles. The molecule has 1 aliphatic rings. The Morgan fingerprint density at radius 2 is 2.13 bits per heavy atom. The highest BCUT2D eigenvalue weighted by Gasteiger charge is 2.28. The number of pyridine rings is 1. The average molecular weight is 323 g/mol. The first-order valence-electron chi connectivity index (χ1n) is 7.54. The lowest BCUT2D eigenvalue weighted by molar-refractivity contribution is -0.117. The quantitative estimate of drug-likeness (QED) is 0.813. The van der Waals surface area contributed by atoms with E-state index in [9.17, 15) is 10.1 Å². The smallest absolute Gasteiger partial charge is 0.240 e. The van der Waals surface area contributed by atoms with Crippen molar-refractivity contribution < 1.29 is 4.79 Å². The molecule has 3 rings (SSSR count). The third-order valence-corrected chi connectivity index (χ3v) is 5.00. The van der Waals surface area contributed by atoms with Crippen LogP contribution in [0.2, 0.25) is 0 Å². The van der Waals surface area contributed by atoms with Crippen LogP contribution in [0.4, 0.5) is 5.69 Å². The Kier molecular flexibility index (Phi) is 4.35. The zero-order valence-electron chi connectivity index (χ0n) is 13.1. The summed E-state index contributed by atoms with van der Waals surface area (Å²) < 4.78 is 0. The first-order valence-corrected chi connectivity index (χ1v) is 8.42. The Labute approximate surface area is 140 Å². The number of nitriles is 1. The van der Waals surface area contributed by atoms with Crippen molar-refractivity contribution in [3.05, 3.63) is 53.2 Å². The number of carbonyl (C=O) groups excluding carboxylic acids is 1. The van der Waals surface area contributed by atoms with Crippen molar-refractivity contribution in [3.8, 4) is 6.07 Å². The number of rotatable bonds is 3. The molecule has 0 bridgehead atoms. The number of benzene rings is 1. The van der Waals surface area contributed by atoms with Crippen LogP contribution in [0.1, 0.15) is 23.7 Å². The molecule has 2 aromatic rings. The summed E-state index contributed by atoms with van der Waals surface area (Å²) >= 11 is 1.35. The van der Waals surface area contributed by atoms with Crippen molar-refractivity contribution in [2.75, 3.05) is 11.4 Å². The van der Waals surface area contributed by atoms with Crippen LogP contribution in [0, 0.1) is 18.3 Å². The van der Waals surface area contributed by atoms with Gasteiger partial charge in [0.05, 0.1) is 10.8 Å². The Balaban J connectivity index is 1.80. The monoisotopic (exact) mass is 323 g/mol. The van der Waals surface area contributed by atoms with Gasteiger partial charge in [-0.15, -0.1) is 0 Å². The summed E-state index contributed by atoms with van der Waals surface area (Å²) in [4.78, 5) is 19.0. The lowest BCUT2D eigenvalue weighted by atomic mass is 10.2. The van der Waals surface area contributed by atoms with Gasteiger partial charge in [-0.2, -0.15) is 5.26 Å². The van der Waals surface area contributed by atoms with E-state index in [4.69, 9.17) is 0 Å². The SMILES string of the molecule is Cc1ccc(C#N)c(SC(C)C(=O)N2CCc3ccccc32)n1. The Morgan fingerprint density at radius 3 is 2.91 bits per heavy atom. The summed E-state index contributed by atoms with van der Waals surface area (Å²) in [5.74, 6) is 0.0622. The third-order valence-electron chi connectivity index (χ3n) is 3.91. The molecule has 0 fully saturated rings. The topological polar surface area (TPSA) is 57.0 Å². The zero-order valence-corrected chi connectivity index (χ0v) is 13.9. The van der Waals surface area contributed by atoms with Crippen LogP contribution in [0.25, 0.3) is 0 Å². The molecule has 1 amide bonds. The van der Waals surface area contributed by atoms with Crippen LogP contribution in [0.15, 0.2) is 41.4 Å². The lowest BCUT2D eigenvalue weighted by Gasteiger charge is -2.21. The van der Waals surface area contributed by atoms with Gasteiger partial charge >= 0.3 is 0 Å². The Hall–Kier alpha value is -2.32. The van der Waals surface area contributed by atoms with Crippen molar-refractivity contribution in [2.45, 2.75) is 30.5 Å². The largest absolute Gasteiger partial charge is 0.311 e. The van der Waals surface area contributed by atoms with Crippen molar-refractivity contribution in [1.82, 2.24) is 4.98 Å². The van der Waals surface area contributed by atoms with Crippen LogP contribution in [-0.4, -0.2) is 22.7 Å². The number of aromatic nitrogens is 1. The first-order chi connectivity index (χ1) is 11.1. The highest BCUT2D eigenvalue weighted by atomic mass is 32.2. The summed E-state index contributed by atoms with van der Waals surface area (Å²) in [7, 11) is 0. The fourth-order valence-corrected chi connectivity index (χ4v) is 3.71. The Morgan fingerprint density at radius 1 is 1.35 bits per heavy atom. The fraction of sp³-hybridized carbons (Fsp3) is 0.278. The highest BCUT2D eigenvalue weighted by Crippen LogP contribution is 2.32. The summed E-state index contributed by atoms with van der Waals surface area (Å²) in [6.45, 7) is 4.48. The molecule has 0 N–H and O–H groups in total. The second-order valence-corrected chi connectivity index (χ2v) is 6.88. The van der Waals surface area contributed by atoms with Crippen molar-refractivity contribution in [1.29, 1.82) is 5.26 Å². The van der Waals surface area contributed by atoms with Crippen LogP contribution in [-0.2, 0) is 11.2 Å². The molecule has 23 heavy (non-hydrogen) atoms. The second-order valence-electron chi connectivity index (χ2n) is 5.55. The van der Waals surface area contributed by atoms with E-state index in [0.29, 0.717) is 10.6 Å². The fourth-order valence-electron chi connectivity index (χ4n) is 2.71. The number of carbonyl (C=O) groups is 1. The molecule has 0 spiro atoms. The van der Waals surface area contributed by atoms with Gasteiger partial charge in [-0.05, 0) is 44.0 Å². The minimum absolute atomic E-state index is 0.0622. The molecule has 2 heterocycles. The maximum atomic E-state index is 12.8. The number of para-hydroxylation sites is 1. The molecule has 0 saturated heterocycles. The number of aryl methyl sites for hydroxylation is 1. The van der Waals surface area contributed by atoms with Gasteiger partial charge in [-0.1, -0.05) is 30.0 Å². The number of hydrogen-bond acceptors (Lipinski definition) is 4. The van der Waals surface area contributed by atoms with Gasteiger partial charge in [-0.25, -0.2) is 4.98 Å². The van der Waals surface area contributed by atoms with Gasteiger partial charge < -0.3 is 4.90 Å². The molecule has 4 nitrogen and oxygen atoms in total. The van der Waals surface area contributed by atoms with Gasteiger partial charge in [0.2, 0.25) is 5.91 Å². The first kappa shape index (κ1) is 15.6. The number of hydrogen-bond donors (Lipinski definition) is 0. The summed E-state index contributed by atoms with van der Waals surface area (Å²) in [6, 6.07) is 13.7. The zero-order chi connectivity index (χ0) is 16.4. The van der Waals surface area contributed by atoms with E-state index in [1.807, 2.05) is 43.0 Å². The molecule has 5 heteroatoms. The normalized spacial score (nSPS) is 14.2. The molecule has 116 valence electrons. The summed E-state index contributed by atoms with van der Waals surface area (Å²) in [5.41, 5.74) is 3.58. The highest BCUT2D eigenvalue weighted by molar-refractivity contribution is 8.00. The van der Waals surface area contributed by atoms with E-state index in [-0.39, 0.29) is 11.2 Å². The summed E-state index contributed by atoms with van der Waals surface area (Å²) in [5, 5.41) is 9.54. The number of anilines is 1. The predicted octanol–water partition coefficient (Wildman–Crippen LogP) is 3.33. The van der Waals surface area contributed by atoms with E-state index in [1.54, 1.807) is 6.07 Å². The predicted molar refractivity (Wildman–Crippen MR) is 91.5 cm³/mol. The number of fused-ring (bicyclic) bond motifs is 1. The molecule has 1 atom stereocenters. The van der Waals surface area contributed by atoms with Gasteiger partial charge in [-0.3, -0.25) is 4.79 Å². The van der Waals surface area contributed by atoms with Gasteiger partial charge in [0, 0.05) is 17.9 Å². The van der Waals surface area contributed by atoms with Gasteiger partial charge in [0.25, 0.3) is 0 Å². The van der Waals surface area contributed by atoms with E-state index in [2.05, 4.69) is 17.1 Å². The minimum Gasteiger partial charge on any atom is -0.311 e. The number of nitrogens with zero attached hydrogens (tertiary/aromatic N) is 3. The van der Waals surface area contributed by atoms with Crippen LogP contribution >= 0.6 is 11.8 Å². The summed E-state index contributed by atoms with van der Waals surface area (Å²) in [6.07, 6.45) is 0.894. The van der Waals surface area contributed by atoms with E-state index in [1.165, 1.54) is 17.3 Å². The molecular weight excluding hydrogens is 306 g/mol. The third kappa shape index (κ3) is 3.08.